The molecule has 0 saturated carbocycles. The predicted molar refractivity (Wildman–Crippen MR) is 80.6 cm³/mol. The summed E-state index contributed by atoms with van der Waals surface area (Å²) in [5.74, 6) is 0. The number of hydrogen-bond donors (Lipinski definition) is 1. The summed E-state index contributed by atoms with van der Waals surface area (Å²) >= 11 is 8.04. The van der Waals surface area contributed by atoms with Gasteiger partial charge in [0.05, 0.1) is 0 Å². The van der Waals surface area contributed by atoms with Crippen LogP contribution in [-0.2, 0) is 12.8 Å². The largest absolute Gasteiger partial charge is 0.314 e. The van der Waals surface area contributed by atoms with Crippen molar-refractivity contribution >= 4 is 22.9 Å². The number of thiophene rings is 1. The Morgan fingerprint density at radius 1 is 1.17 bits per heavy atom. The zero-order valence-corrected chi connectivity index (χ0v) is 12.1. The fraction of sp³-hybridized carbons (Fsp3) is 0.333. The number of nitrogens with one attached hydrogen (secondary N) is 1. The third-order valence-corrected chi connectivity index (χ3v) is 4.21. The molecule has 0 aliphatic rings. The standard InChI is InChI=1S/C15H18ClNS/c1-2-17-13(11-14-7-5-9-18-14)10-12-6-3-4-8-15(12)16/h3-9,13,17H,2,10-11H2,1H3. The van der Waals surface area contributed by atoms with E-state index in [1.54, 1.807) is 0 Å². The normalized spacial score (nSPS) is 12.6. The van der Waals surface area contributed by atoms with Crippen molar-refractivity contribution < 1.29 is 0 Å². The van der Waals surface area contributed by atoms with Crippen LogP contribution in [0.3, 0.4) is 0 Å². The molecule has 96 valence electrons. The van der Waals surface area contributed by atoms with Gasteiger partial charge in [-0.1, -0.05) is 42.8 Å². The van der Waals surface area contributed by atoms with Crippen LogP contribution in [0.15, 0.2) is 41.8 Å². The Balaban J connectivity index is 2.04. The van der Waals surface area contributed by atoms with Crippen molar-refractivity contribution in [2.75, 3.05) is 6.54 Å². The molecule has 1 heterocycles. The second-order valence-electron chi connectivity index (χ2n) is 4.33. The first-order chi connectivity index (χ1) is 8.79. The fourth-order valence-corrected chi connectivity index (χ4v) is 3.11. The second-order valence-corrected chi connectivity index (χ2v) is 5.77. The first-order valence-electron chi connectivity index (χ1n) is 6.28. The van der Waals surface area contributed by atoms with Gasteiger partial charge in [-0.2, -0.15) is 0 Å². The third kappa shape index (κ3) is 3.84. The van der Waals surface area contributed by atoms with Gasteiger partial charge in [-0.15, -0.1) is 11.3 Å². The predicted octanol–water partition coefficient (Wildman–Crippen LogP) is 4.16. The van der Waals surface area contributed by atoms with Gasteiger partial charge in [0, 0.05) is 15.9 Å². The third-order valence-electron chi connectivity index (χ3n) is 2.94. The van der Waals surface area contributed by atoms with E-state index in [0.29, 0.717) is 6.04 Å². The molecule has 1 N–H and O–H groups in total. The van der Waals surface area contributed by atoms with E-state index < -0.39 is 0 Å². The van der Waals surface area contributed by atoms with Gasteiger partial charge < -0.3 is 5.32 Å². The highest BCUT2D eigenvalue weighted by molar-refractivity contribution is 7.09. The van der Waals surface area contributed by atoms with Crippen LogP contribution in [0.4, 0.5) is 0 Å². The topological polar surface area (TPSA) is 12.0 Å². The zero-order chi connectivity index (χ0) is 12.8. The quantitative estimate of drug-likeness (QED) is 0.837. The number of benzene rings is 1. The van der Waals surface area contributed by atoms with Crippen LogP contribution in [0.5, 0.6) is 0 Å². The molecule has 0 aliphatic heterocycles. The fourth-order valence-electron chi connectivity index (χ4n) is 2.11. The molecule has 0 aliphatic carbocycles. The lowest BCUT2D eigenvalue weighted by molar-refractivity contribution is 0.524. The highest BCUT2D eigenvalue weighted by Gasteiger charge is 2.11. The van der Waals surface area contributed by atoms with E-state index in [9.17, 15) is 0 Å². The van der Waals surface area contributed by atoms with Crippen molar-refractivity contribution in [2.45, 2.75) is 25.8 Å². The van der Waals surface area contributed by atoms with Crippen molar-refractivity contribution in [3.63, 3.8) is 0 Å². The van der Waals surface area contributed by atoms with Gasteiger partial charge in [-0.25, -0.2) is 0 Å². The van der Waals surface area contributed by atoms with Crippen LogP contribution in [0.2, 0.25) is 5.02 Å². The summed E-state index contributed by atoms with van der Waals surface area (Å²) in [5, 5.41) is 6.54. The maximum Gasteiger partial charge on any atom is 0.0438 e. The van der Waals surface area contributed by atoms with Crippen LogP contribution in [0, 0.1) is 0 Å². The van der Waals surface area contributed by atoms with Crippen molar-refractivity contribution in [1.29, 1.82) is 0 Å². The van der Waals surface area contributed by atoms with E-state index in [4.69, 9.17) is 11.6 Å². The van der Waals surface area contributed by atoms with Gasteiger partial charge >= 0.3 is 0 Å². The van der Waals surface area contributed by atoms with Gasteiger partial charge in [0.25, 0.3) is 0 Å². The molecule has 1 aromatic heterocycles. The van der Waals surface area contributed by atoms with Crippen molar-refractivity contribution in [1.82, 2.24) is 5.32 Å². The van der Waals surface area contributed by atoms with E-state index in [2.05, 4.69) is 41.9 Å². The maximum absolute atomic E-state index is 6.23. The average Bonchev–Trinajstić information content (AvgIpc) is 2.85. The molecule has 18 heavy (non-hydrogen) atoms. The van der Waals surface area contributed by atoms with E-state index >= 15 is 0 Å². The molecule has 1 unspecified atom stereocenters. The summed E-state index contributed by atoms with van der Waals surface area (Å²) in [6.07, 6.45) is 2.04. The van der Waals surface area contributed by atoms with Crippen molar-refractivity contribution in [2.24, 2.45) is 0 Å². The summed E-state index contributed by atoms with van der Waals surface area (Å²) in [6.45, 7) is 3.13. The average molecular weight is 280 g/mol. The molecule has 0 spiro atoms. The Morgan fingerprint density at radius 2 is 2.00 bits per heavy atom. The lowest BCUT2D eigenvalue weighted by Gasteiger charge is -2.18. The van der Waals surface area contributed by atoms with Crippen LogP contribution in [0.1, 0.15) is 17.4 Å². The van der Waals surface area contributed by atoms with E-state index in [1.807, 2.05) is 23.5 Å². The van der Waals surface area contributed by atoms with Gasteiger partial charge in [0.15, 0.2) is 0 Å². The molecule has 0 bridgehead atoms. The summed E-state index contributed by atoms with van der Waals surface area (Å²) < 4.78 is 0. The maximum atomic E-state index is 6.23. The Morgan fingerprint density at radius 3 is 2.67 bits per heavy atom. The van der Waals surface area contributed by atoms with Gasteiger partial charge in [0.2, 0.25) is 0 Å². The number of rotatable bonds is 6. The highest BCUT2D eigenvalue weighted by atomic mass is 35.5. The second kappa shape index (κ2) is 6.93. The lowest BCUT2D eigenvalue weighted by atomic mass is 10.0. The number of likely N-dealkylation sites (N-methyl/N-ethyl adjacent to an activating group) is 1. The minimum absolute atomic E-state index is 0.452. The number of hydrogen-bond acceptors (Lipinski definition) is 2. The minimum Gasteiger partial charge on any atom is -0.314 e. The summed E-state index contributed by atoms with van der Waals surface area (Å²) in [4.78, 5) is 1.42. The molecule has 2 rings (SSSR count). The molecular formula is C15H18ClNS. The van der Waals surface area contributed by atoms with E-state index in [-0.39, 0.29) is 0 Å². The Labute approximate surface area is 118 Å². The molecule has 0 radical (unpaired) electrons. The molecule has 3 heteroatoms. The molecule has 1 atom stereocenters. The van der Waals surface area contributed by atoms with Gasteiger partial charge in [-0.05, 0) is 42.5 Å². The first kappa shape index (κ1) is 13.6. The highest BCUT2D eigenvalue weighted by Crippen LogP contribution is 2.19. The van der Waals surface area contributed by atoms with Crippen LogP contribution in [0.25, 0.3) is 0 Å². The minimum atomic E-state index is 0.452. The molecule has 2 aromatic rings. The Hall–Kier alpha value is -0.830. The molecule has 1 nitrogen and oxygen atoms in total. The smallest absolute Gasteiger partial charge is 0.0438 e. The zero-order valence-electron chi connectivity index (χ0n) is 10.5. The summed E-state index contributed by atoms with van der Waals surface area (Å²) in [7, 11) is 0. The molecular weight excluding hydrogens is 262 g/mol. The van der Waals surface area contributed by atoms with Gasteiger partial charge in [0.1, 0.15) is 0 Å². The first-order valence-corrected chi connectivity index (χ1v) is 7.54. The summed E-state index contributed by atoms with van der Waals surface area (Å²) in [5.41, 5.74) is 1.22. The van der Waals surface area contributed by atoms with Crippen molar-refractivity contribution in [3.8, 4) is 0 Å². The van der Waals surface area contributed by atoms with Gasteiger partial charge in [-0.3, -0.25) is 0 Å². The summed E-state index contributed by atoms with van der Waals surface area (Å²) in [6, 6.07) is 12.9. The monoisotopic (exact) mass is 279 g/mol. The lowest BCUT2D eigenvalue weighted by Crippen LogP contribution is -2.32. The molecule has 0 saturated heterocycles. The van der Waals surface area contributed by atoms with Crippen LogP contribution < -0.4 is 5.32 Å². The molecule has 0 amide bonds. The molecule has 1 aromatic carbocycles. The number of halogens is 1. The SMILES string of the molecule is CCNC(Cc1cccs1)Cc1ccccc1Cl. The Kier molecular flexibility index (Phi) is 5.24. The van der Waals surface area contributed by atoms with Crippen LogP contribution in [-0.4, -0.2) is 12.6 Å². The Bertz CT molecular complexity index is 467. The van der Waals surface area contributed by atoms with E-state index in [1.165, 1.54) is 10.4 Å². The van der Waals surface area contributed by atoms with Crippen LogP contribution >= 0.6 is 22.9 Å². The molecule has 0 fully saturated rings. The van der Waals surface area contributed by atoms with Crippen molar-refractivity contribution in [3.05, 3.63) is 57.2 Å². The van der Waals surface area contributed by atoms with E-state index in [0.717, 1.165) is 24.4 Å².